The van der Waals surface area contributed by atoms with Crippen molar-refractivity contribution in [3.63, 3.8) is 0 Å². The molecule has 35 heavy (non-hydrogen) atoms. The minimum atomic E-state index is -0.812. The highest BCUT2D eigenvalue weighted by molar-refractivity contribution is 5.89. The molecule has 0 spiro atoms. The van der Waals surface area contributed by atoms with Crippen LogP contribution in [-0.4, -0.2) is 49.5 Å². The van der Waals surface area contributed by atoms with Crippen molar-refractivity contribution in [1.82, 2.24) is 25.2 Å². The maximum atomic E-state index is 13.8. The van der Waals surface area contributed by atoms with Gasteiger partial charge in [-0.25, -0.2) is 0 Å². The predicted octanol–water partition coefficient (Wildman–Crippen LogP) is 4.08. The second-order valence-corrected chi connectivity index (χ2v) is 10.1. The molecule has 1 N–H and O–H groups in total. The molecule has 2 amide bonds. The Kier molecular flexibility index (Phi) is 7.68. The van der Waals surface area contributed by atoms with Gasteiger partial charge in [0.2, 0.25) is 11.8 Å². The third-order valence-corrected chi connectivity index (χ3v) is 7.25. The van der Waals surface area contributed by atoms with Crippen LogP contribution in [-0.2, 0) is 16.1 Å². The van der Waals surface area contributed by atoms with Gasteiger partial charge in [0, 0.05) is 44.3 Å². The molecule has 2 heterocycles. The van der Waals surface area contributed by atoms with Crippen molar-refractivity contribution < 1.29 is 9.59 Å². The number of aryl methyl sites for hydroxylation is 1. The number of allylic oxidation sites excluding steroid dienone is 1. The van der Waals surface area contributed by atoms with Gasteiger partial charge in [0.05, 0.1) is 6.20 Å². The molecule has 0 aromatic carbocycles. The first kappa shape index (κ1) is 25.1. The van der Waals surface area contributed by atoms with Crippen molar-refractivity contribution in [2.75, 3.05) is 0 Å². The topological polar surface area (TPSA) is 105 Å². The average Bonchev–Trinajstić information content (AvgIpc) is 3.74. The Labute approximate surface area is 207 Å². The summed E-state index contributed by atoms with van der Waals surface area (Å²) in [6.45, 7) is 6.77. The molecule has 3 aliphatic rings. The molecule has 4 rings (SSSR count). The average molecular weight is 480 g/mol. The fourth-order valence-corrected chi connectivity index (χ4v) is 4.68. The molecule has 2 atom stereocenters. The van der Waals surface area contributed by atoms with Crippen molar-refractivity contribution in [1.29, 1.82) is 0 Å². The van der Waals surface area contributed by atoms with E-state index >= 15 is 0 Å². The molecule has 1 aromatic heterocycles. The summed E-state index contributed by atoms with van der Waals surface area (Å²) in [6.07, 6.45) is 14.9. The second kappa shape index (κ2) is 10.7. The Bertz CT molecular complexity index is 1030. The maximum absolute atomic E-state index is 13.8. The fraction of sp³-hybridized carbons (Fsp3) is 0.692. The van der Waals surface area contributed by atoms with E-state index in [1.165, 1.54) is 24.0 Å². The lowest BCUT2D eigenvalue weighted by molar-refractivity contribution is -0.145. The molecule has 2 aliphatic carbocycles. The van der Waals surface area contributed by atoms with E-state index in [0.717, 1.165) is 25.7 Å². The molecule has 0 radical (unpaired) electrons. The Balaban J connectivity index is 1.58. The Morgan fingerprint density at radius 3 is 2.60 bits per heavy atom. The highest BCUT2D eigenvalue weighted by atomic mass is 16.2. The summed E-state index contributed by atoms with van der Waals surface area (Å²) in [4.78, 5) is 29.2. The van der Waals surface area contributed by atoms with Crippen LogP contribution in [0.15, 0.2) is 27.6 Å². The molecule has 2 unspecified atom stereocenters. The van der Waals surface area contributed by atoms with Gasteiger partial charge in [0.1, 0.15) is 5.69 Å². The molecule has 1 aliphatic heterocycles. The maximum Gasteiger partial charge on any atom is 0.249 e. The van der Waals surface area contributed by atoms with E-state index in [4.69, 9.17) is 6.42 Å². The Morgan fingerprint density at radius 1 is 1.26 bits per heavy atom. The highest BCUT2D eigenvalue weighted by Crippen LogP contribution is 2.45. The largest absolute Gasteiger partial charge is 0.352 e. The van der Waals surface area contributed by atoms with Crippen LogP contribution >= 0.6 is 0 Å². The van der Waals surface area contributed by atoms with Crippen molar-refractivity contribution in [3.05, 3.63) is 23.0 Å². The van der Waals surface area contributed by atoms with Crippen molar-refractivity contribution >= 4 is 11.8 Å². The van der Waals surface area contributed by atoms with Crippen LogP contribution in [0.5, 0.6) is 0 Å². The van der Waals surface area contributed by atoms with Crippen LogP contribution in [0, 0.1) is 12.3 Å². The number of amides is 2. The lowest BCUT2D eigenvalue weighted by Crippen LogP contribution is -2.53. The summed E-state index contributed by atoms with van der Waals surface area (Å²) in [5.41, 5.74) is 2.95. The van der Waals surface area contributed by atoms with E-state index in [0.29, 0.717) is 31.5 Å². The van der Waals surface area contributed by atoms with E-state index in [1.54, 1.807) is 9.58 Å². The summed E-state index contributed by atoms with van der Waals surface area (Å²) in [5.74, 6) is 2.36. The molecule has 9 nitrogen and oxygen atoms in total. The molecule has 0 saturated heterocycles. The minimum Gasteiger partial charge on any atom is -0.352 e. The smallest absolute Gasteiger partial charge is 0.249 e. The number of hydrogen-bond acceptors (Lipinski definition) is 6. The molecule has 0 bridgehead atoms. The number of nitrogens with zero attached hydrogens (tertiary/aromatic N) is 6. The first-order valence-electron chi connectivity index (χ1n) is 13.0. The van der Waals surface area contributed by atoms with Gasteiger partial charge >= 0.3 is 0 Å². The molecular weight excluding hydrogens is 442 g/mol. The van der Waals surface area contributed by atoms with Crippen LogP contribution in [0.1, 0.15) is 96.7 Å². The Morgan fingerprint density at radius 2 is 2.00 bits per heavy atom. The van der Waals surface area contributed by atoms with Gasteiger partial charge in [-0.15, -0.1) is 17.4 Å². The van der Waals surface area contributed by atoms with E-state index < -0.39 is 11.7 Å². The van der Waals surface area contributed by atoms with Crippen LogP contribution in [0.2, 0.25) is 0 Å². The second-order valence-electron chi connectivity index (χ2n) is 10.1. The van der Waals surface area contributed by atoms with Gasteiger partial charge in [-0.3, -0.25) is 14.3 Å². The number of rotatable bonds is 13. The van der Waals surface area contributed by atoms with Gasteiger partial charge in [-0.1, -0.05) is 30.2 Å². The normalized spacial score (nSPS) is 21.0. The van der Waals surface area contributed by atoms with E-state index in [2.05, 4.69) is 38.7 Å². The number of terminal acetylenes is 1. The van der Waals surface area contributed by atoms with E-state index in [-0.39, 0.29) is 30.3 Å². The fourth-order valence-electron chi connectivity index (χ4n) is 4.68. The number of aromatic nitrogens is 3. The third kappa shape index (κ3) is 5.98. The number of hydrogen-bond donors (Lipinski definition) is 1. The summed E-state index contributed by atoms with van der Waals surface area (Å²) in [6, 6.07) is -0.841. The zero-order chi connectivity index (χ0) is 25.0. The van der Waals surface area contributed by atoms with Gasteiger partial charge in [-0.2, -0.15) is 10.2 Å². The van der Waals surface area contributed by atoms with Crippen LogP contribution in [0.3, 0.4) is 0 Å². The van der Waals surface area contributed by atoms with Gasteiger partial charge < -0.3 is 10.2 Å². The SMILES string of the molecule is C#CCCC1(CCC(=O)N(C2CC(=C3CC3)C2)C(C(=O)NC(C)CC)c2cn(CCC)nn2)N=N1. The van der Waals surface area contributed by atoms with E-state index in [9.17, 15) is 9.59 Å². The summed E-state index contributed by atoms with van der Waals surface area (Å²) >= 11 is 0. The highest BCUT2D eigenvalue weighted by Gasteiger charge is 2.45. The number of nitrogens with one attached hydrogen (secondary N) is 1. The van der Waals surface area contributed by atoms with Crippen LogP contribution in [0.25, 0.3) is 0 Å². The first-order valence-corrected chi connectivity index (χ1v) is 13.0. The van der Waals surface area contributed by atoms with Crippen LogP contribution in [0.4, 0.5) is 0 Å². The van der Waals surface area contributed by atoms with Crippen molar-refractivity contribution in [2.45, 2.75) is 115 Å². The Hall–Kier alpha value is -3.02. The van der Waals surface area contributed by atoms with Gasteiger partial charge in [-0.05, 0) is 45.4 Å². The summed E-state index contributed by atoms with van der Waals surface area (Å²) in [7, 11) is 0. The third-order valence-electron chi connectivity index (χ3n) is 7.25. The van der Waals surface area contributed by atoms with Gasteiger partial charge in [0.15, 0.2) is 11.7 Å². The standard InChI is InChI=1S/C26H37N7O2/c1-5-8-12-26(29-30-26)13-11-23(34)33(21-15-20(16-21)19-9-10-19)24(25(35)27-18(4)7-3)22-17-32(14-6-2)31-28-22/h1,17-18,21,24H,6-16H2,2-4H3,(H,27,35). The molecule has 1 aromatic rings. The first-order chi connectivity index (χ1) is 16.9. The monoisotopic (exact) mass is 479 g/mol. The molecular formula is C26H37N7O2. The summed E-state index contributed by atoms with van der Waals surface area (Å²) < 4.78 is 1.75. The predicted molar refractivity (Wildman–Crippen MR) is 132 cm³/mol. The molecule has 188 valence electrons. The van der Waals surface area contributed by atoms with Crippen molar-refractivity contribution in [2.24, 2.45) is 10.2 Å². The zero-order valence-corrected chi connectivity index (χ0v) is 21.2. The quantitative estimate of drug-likeness (QED) is 0.340. The van der Waals surface area contributed by atoms with E-state index in [1.807, 2.05) is 20.0 Å². The van der Waals surface area contributed by atoms with Gasteiger partial charge in [0.25, 0.3) is 0 Å². The lowest BCUT2D eigenvalue weighted by atomic mass is 9.82. The molecule has 2 saturated carbocycles. The van der Waals surface area contributed by atoms with Crippen LogP contribution < -0.4 is 5.32 Å². The number of carbonyl (C=O) groups is 2. The lowest BCUT2D eigenvalue weighted by Gasteiger charge is -2.43. The molecule has 9 heteroatoms. The van der Waals surface area contributed by atoms with Crippen molar-refractivity contribution in [3.8, 4) is 12.3 Å². The summed E-state index contributed by atoms with van der Waals surface area (Å²) in [5, 5.41) is 20.0. The number of carbonyl (C=O) groups excluding carboxylic acids is 2. The molecule has 2 fully saturated rings. The zero-order valence-electron chi connectivity index (χ0n) is 21.2. The minimum absolute atomic E-state index is 0.00531.